The van der Waals surface area contributed by atoms with Gasteiger partial charge in [-0.15, -0.1) is 0 Å². The van der Waals surface area contributed by atoms with Gasteiger partial charge in [-0.2, -0.15) is 5.10 Å². The summed E-state index contributed by atoms with van der Waals surface area (Å²) in [6.07, 6.45) is 8.28. The van der Waals surface area contributed by atoms with E-state index in [4.69, 9.17) is 4.74 Å². The number of sulfone groups is 1. The van der Waals surface area contributed by atoms with Gasteiger partial charge in [-0.1, -0.05) is 0 Å². The lowest BCUT2D eigenvalue weighted by atomic mass is 10.2. The van der Waals surface area contributed by atoms with Crippen LogP contribution in [-0.2, 0) is 34.1 Å². The molecule has 0 aromatic carbocycles. The molecule has 1 saturated carbocycles. The predicted octanol–water partition coefficient (Wildman–Crippen LogP) is 1.11. The van der Waals surface area contributed by atoms with Crippen LogP contribution < -0.4 is 0 Å². The van der Waals surface area contributed by atoms with Gasteiger partial charge in [0.2, 0.25) is 15.0 Å². The van der Waals surface area contributed by atoms with E-state index in [-0.39, 0.29) is 10.9 Å². The average Bonchev–Trinajstić information content (AvgIpc) is 3.10. The van der Waals surface area contributed by atoms with Crippen LogP contribution in [0.1, 0.15) is 24.1 Å². The number of hydrogen-bond acceptors (Lipinski definition) is 6. The zero-order valence-electron chi connectivity index (χ0n) is 15.4. The van der Waals surface area contributed by atoms with E-state index in [2.05, 4.69) is 20.1 Å². The average molecular weight is 382 g/mol. The van der Waals surface area contributed by atoms with E-state index in [9.17, 15) is 8.42 Å². The van der Waals surface area contributed by atoms with Gasteiger partial charge in [0.15, 0.2) is 0 Å². The Bertz CT molecular complexity index is 796. The van der Waals surface area contributed by atoms with Gasteiger partial charge in [0.05, 0.1) is 30.4 Å². The molecule has 0 spiro atoms. The first-order valence-electron chi connectivity index (χ1n) is 8.92. The van der Waals surface area contributed by atoms with Crippen molar-refractivity contribution >= 4 is 9.84 Å². The highest BCUT2D eigenvalue weighted by atomic mass is 32.2. The van der Waals surface area contributed by atoms with Crippen LogP contribution in [-0.4, -0.2) is 66.1 Å². The number of hydrogen-bond donors (Lipinski definition) is 1. The number of imidazole rings is 1. The Hall–Kier alpha value is -1.71. The van der Waals surface area contributed by atoms with Crippen molar-refractivity contribution in [3.05, 3.63) is 29.8 Å². The smallest absolute Gasteiger partial charge is 0.227 e. The fourth-order valence-corrected chi connectivity index (χ4v) is 4.81. The fraction of sp³-hybridized carbons (Fsp3) is 0.647. The Balaban J connectivity index is 1.70. The number of aromatic nitrogens is 4. The normalized spacial score (nSPS) is 15.0. The van der Waals surface area contributed by atoms with Gasteiger partial charge in [0.25, 0.3) is 0 Å². The predicted molar refractivity (Wildman–Crippen MR) is 97.5 cm³/mol. The van der Waals surface area contributed by atoms with Gasteiger partial charge in [0.1, 0.15) is 0 Å². The Labute approximate surface area is 154 Å². The van der Waals surface area contributed by atoms with Crippen molar-refractivity contribution < 1.29 is 13.2 Å². The quantitative estimate of drug-likeness (QED) is 0.627. The Morgan fingerprint density at radius 1 is 1.38 bits per heavy atom. The van der Waals surface area contributed by atoms with Crippen molar-refractivity contribution in [2.45, 2.75) is 37.5 Å². The second kappa shape index (κ2) is 8.32. The van der Waals surface area contributed by atoms with Crippen LogP contribution in [0.5, 0.6) is 0 Å². The van der Waals surface area contributed by atoms with Crippen LogP contribution in [0.3, 0.4) is 0 Å². The number of H-pyrrole nitrogens is 1. The Morgan fingerprint density at radius 3 is 2.85 bits per heavy atom. The maximum absolute atomic E-state index is 12.7. The molecule has 1 aliphatic rings. The van der Waals surface area contributed by atoms with Gasteiger partial charge in [-0.25, -0.2) is 13.4 Å². The van der Waals surface area contributed by atoms with E-state index < -0.39 is 9.84 Å². The Morgan fingerprint density at radius 2 is 2.19 bits per heavy atom. The van der Waals surface area contributed by atoms with Crippen molar-refractivity contribution in [2.75, 3.05) is 33.1 Å². The Kier molecular flexibility index (Phi) is 6.10. The van der Waals surface area contributed by atoms with Gasteiger partial charge in [0, 0.05) is 32.9 Å². The molecule has 1 N–H and O–H groups in total. The summed E-state index contributed by atoms with van der Waals surface area (Å²) >= 11 is 0. The van der Waals surface area contributed by atoms with Crippen LogP contribution in [0.2, 0.25) is 0 Å². The number of nitrogens with zero attached hydrogens (tertiary/aromatic N) is 4. The molecular formula is C17H27N5O3S. The fourth-order valence-electron chi connectivity index (χ4n) is 2.95. The summed E-state index contributed by atoms with van der Waals surface area (Å²) in [5.74, 6) is 0.501. The van der Waals surface area contributed by atoms with Crippen molar-refractivity contribution in [3.8, 4) is 0 Å². The molecule has 0 radical (unpaired) electrons. The van der Waals surface area contributed by atoms with Gasteiger partial charge < -0.3 is 14.2 Å². The summed E-state index contributed by atoms with van der Waals surface area (Å²) in [7, 11) is 0.282. The standard InChI is InChI=1S/C17H27N5O3S/c1-21(6-5-15-9-19-20-10-15)12-16-11-18-17(22(16)7-8-25-2)26(23,24)13-14-3-4-14/h9-11,14H,3-8,12-13H2,1-2H3,(H,19,20). The van der Waals surface area contributed by atoms with E-state index >= 15 is 0 Å². The van der Waals surface area contributed by atoms with Crippen LogP contribution >= 0.6 is 0 Å². The molecule has 3 rings (SSSR count). The lowest BCUT2D eigenvalue weighted by molar-refractivity contribution is 0.182. The molecule has 0 amide bonds. The molecule has 2 heterocycles. The van der Waals surface area contributed by atoms with Crippen molar-refractivity contribution in [1.82, 2.24) is 24.6 Å². The van der Waals surface area contributed by atoms with Crippen LogP contribution in [0, 0.1) is 5.92 Å². The molecule has 2 aromatic rings. The summed E-state index contributed by atoms with van der Waals surface area (Å²) < 4.78 is 32.4. The molecule has 0 atom stereocenters. The largest absolute Gasteiger partial charge is 0.383 e. The first-order valence-corrected chi connectivity index (χ1v) is 10.6. The molecule has 1 fully saturated rings. The number of aromatic amines is 1. The minimum atomic E-state index is -3.36. The van der Waals surface area contributed by atoms with Crippen molar-refractivity contribution in [3.63, 3.8) is 0 Å². The minimum absolute atomic E-state index is 0.180. The molecule has 0 unspecified atom stereocenters. The van der Waals surface area contributed by atoms with Crippen LogP contribution in [0.25, 0.3) is 0 Å². The molecule has 2 aromatic heterocycles. The lowest BCUT2D eigenvalue weighted by Gasteiger charge is -2.18. The molecule has 0 aliphatic heterocycles. The van der Waals surface area contributed by atoms with Gasteiger partial charge in [-0.3, -0.25) is 5.10 Å². The third kappa shape index (κ3) is 4.93. The van der Waals surface area contributed by atoms with Crippen LogP contribution in [0.15, 0.2) is 23.7 Å². The SMILES string of the molecule is COCCn1c(CN(C)CCc2cn[nH]c2)cnc1S(=O)(=O)CC1CC1. The molecule has 8 nitrogen and oxygen atoms in total. The van der Waals surface area contributed by atoms with Gasteiger partial charge >= 0.3 is 0 Å². The summed E-state index contributed by atoms with van der Waals surface area (Å²) in [5, 5.41) is 6.95. The number of likely N-dealkylation sites (N-methyl/N-ethyl adjacent to an activating group) is 1. The number of rotatable bonds is 11. The van der Waals surface area contributed by atoms with E-state index in [1.165, 1.54) is 0 Å². The highest BCUT2D eigenvalue weighted by Gasteiger charge is 2.32. The third-order valence-corrected chi connectivity index (χ3v) is 6.41. The monoisotopic (exact) mass is 381 g/mol. The first kappa shape index (κ1) is 19.1. The first-order chi connectivity index (χ1) is 12.5. The second-order valence-corrected chi connectivity index (χ2v) is 8.92. The molecule has 1 aliphatic carbocycles. The lowest BCUT2D eigenvalue weighted by Crippen LogP contribution is -2.24. The van der Waals surface area contributed by atoms with E-state index in [1.807, 2.05) is 19.4 Å². The second-order valence-electron chi connectivity index (χ2n) is 7.00. The van der Waals surface area contributed by atoms with Crippen molar-refractivity contribution in [1.29, 1.82) is 0 Å². The summed E-state index contributed by atoms with van der Waals surface area (Å²) in [5.41, 5.74) is 2.04. The number of methoxy groups -OCH3 is 1. The molecular weight excluding hydrogens is 354 g/mol. The van der Waals surface area contributed by atoms with Crippen LogP contribution in [0.4, 0.5) is 0 Å². The zero-order chi connectivity index (χ0) is 18.6. The summed E-state index contributed by atoms with van der Waals surface area (Å²) in [6.45, 7) is 2.42. The van der Waals surface area contributed by atoms with E-state index in [0.717, 1.165) is 37.1 Å². The molecule has 9 heteroatoms. The molecule has 144 valence electrons. The third-order valence-electron chi connectivity index (χ3n) is 4.62. The zero-order valence-corrected chi connectivity index (χ0v) is 16.2. The number of ether oxygens (including phenoxy) is 1. The topological polar surface area (TPSA) is 93.1 Å². The minimum Gasteiger partial charge on any atom is -0.383 e. The van der Waals surface area contributed by atoms with Crippen molar-refractivity contribution in [2.24, 2.45) is 5.92 Å². The molecule has 0 bridgehead atoms. The maximum atomic E-state index is 12.7. The maximum Gasteiger partial charge on any atom is 0.227 e. The van der Waals surface area contributed by atoms with E-state index in [0.29, 0.717) is 25.6 Å². The molecule has 0 saturated heterocycles. The summed E-state index contributed by atoms with van der Waals surface area (Å²) in [4.78, 5) is 6.42. The van der Waals surface area contributed by atoms with Gasteiger partial charge in [-0.05, 0) is 37.8 Å². The molecule has 26 heavy (non-hydrogen) atoms. The number of nitrogens with one attached hydrogen (secondary N) is 1. The highest BCUT2D eigenvalue weighted by Crippen LogP contribution is 2.32. The highest BCUT2D eigenvalue weighted by molar-refractivity contribution is 7.91. The summed E-state index contributed by atoms with van der Waals surface area (Å²) in [6, 6.07) is 0. The van der Waals surface area contributed by atoms with E-state index in [1.54, 1.807) is 17.9 Å².